The average Bonchev–Trinajstić information content (AvgIpc) is 2.20. The van der Waals surface area contributed by atoms with Gasteiger partial charge in [-0.3, -0.25) is 4.79 Å². The van der Waals surface area contributed by atoms with Gasteiger partial charge in [-0.25, -0.2) is 0 Å². The third-order valence-electron chi connectivity index (χ3n) is 2.46. The van der Waals surface area contributed by atoms with Gasteiger partial charge in [-0.15, -0.1) is 0 Å². The molecule has 1 N–H and O–H groups in total. The first-order valence-electron chi connectivity index (χ1n) is 5.10. The maximum atomic E-state index is 10.8. The van der Waals surface area contributed by atoms with Crippen molar-refractivity contribution in [2.75, 3.05) is 19.0 Å². The largest absolute Gasteiger partial charge is 0.481 e. The van der Waals surface area contributed by atoms with Gasteiger partial charge in [0.2, 0.25) is 0 Å². The first-order valence-corrected chi connectivity index (χ1v) is 5.89. The molecular weight excluding hydrogens is 270 g/mol. The number of aliphatic carboxylic acids is 1. The van der Waals surface area contributed by atoms with E-state index < -0.39 is 5.97 Å². The molecule has 0 saturated heterocycles. The average molecular weight is 286 g/mol. The van der Waals surface area contributed by atoms with Crippen LogP contribution in [0.4, 0.5) is 5.69 Å². The highest BCUT2D eigenvalue weighted by molar-refractivity contribution is 9.10. The zero-order chi connectivity index (χ0) is 12.3. The summed E-state index contributed by atoms with van der Waals surface area (Å²) < 4.78 is 1.02. The van der Waals surface area contributed by atoms with E-state index in [9.17, 15) is 4.79 Å². The lowest BCUT2D eigenvalue weighted by molar-refractivity contribution is -0.141. The summed E-state index contributed by atoms with van der Waals surface area (Å²) in [7, 11) is 3.93. The van der Waals surface area contributed by atoms with E-state index in [0.29, 0.717) is 6.42 Å². The van der Waals surface area contributed by atoms with Gasteiger partial charge in [0.05, 0.1) is 11.6 Å². The molecule has 1 aromatic rings. The maximum Gasteiger partial charge on any atom is 0.306 e. The fourth-order valence-corrected chi connectivity index (χ4v) is 2.07. The van der Waals surface area contributed by atoms with Crippen LogP contribution in [0.1, 0.15) is 12.5 Å². The molecule has 0 aromatic heterocycles. The summed E-state index contributed by atoms with van der Waals surface area (Å²) in [4.78, 5) is 12.8. The number of carbonyl (C=O) groups is 1. The monoisotopic (exact) mass is 285 g/mol. The van der Waals surface area contributed by atoms with Gasteiger partial charge in [0.25, 0.3) is 0 Å². The third-order valence-corrected chi connectivity index (χ3v) is 3.13. The van der Waals surface area contributed by atoms with Crippen LogP contribution in [-0.2, 0) is 11.2 Å². The molecule has 3 nitrogen and oxygen atoms in total. The summed E-state index contributed by atoms with van der Waals surface area (Å²) >= 11 is 3.47. The van der Waals surface area contributed by atoms with E-state index in [4.69, 9.17) is 5.11 Å². The van der Waals surface area contributed by atoms with E-state index in [0.717, 1.165) is 15.7 Å². The van der Waals surface area contributed by atoms with E-state index in [2.05, 4.69) is 15.9 Å². The van der Waals surface area contributed by atoms with Crippen LogP contribution >= 0.6 is 15.9 Å². The van der Waals surface area contributed by atoms with Crippen LogP contribution < -0.4 is 4.90 Å². The van der Waals surface area contributed by atoms with E-state index in [1.807, 2.05) is 37.2 Å². The smallest absolute Gasteiger partial charge is 0.306 e. The lowest BCUT2D eigenvalue weighted by Gasteiger charge is -2.16. The summed E-state index contributed by atoms with van der Waals surface area (Å²) in [6, 6.07) is 5.93. The van der Waals surface area contributed by atoms with Gasteiger partial charge in [0.1, 0.15) is 0 Å². The number of halogens is 1. The molecule has 88 valence electrons. The Balaban J connectivity index is 2.91. The van der Waals surface area contributed by atoms with Gasteiger partial charge in [-0.05, 0) is 40.0 Å². The molecule has 4 heteroatoms. The molecule has 1 aromatic carbocycles. The van der Waals surface area contributed by atoms with Gasteiger partial charge in [-0.1, -0.05) is 13.0 Å². The number of carboxylic acid groups (broad SMARTS) is 1. The normalized spacial score (nSPS) is 12.2. The van der Waals surface area contributed by atoms with Gasteiger partial charge in [0.15, 0.2) is 0 Å². The highest BCUT2D eigenvalue weighted by Gasteiger charge is 2.12. The highest BCUT2D eigenvalue weighted by Crippen LogP contribution is 2.26. The van der Waals surface area contributed by atoms with Gasteiger partial charge >= 0.3 is 5.97 Å². The van der Waals surface area contributed by atoms with Gasteiger partial charge in [-0.2, -0.15) is 0 Å². The minimum atomic E-state index is -0.755. The van der Waals surface area contributed by atoms with Crippen molar-refractivity contribution in [1.82, 2.24) is 0 Å². The Morgan fingerprint density at radius 2 is 2.12 bits per heavy atom. The minimum absolute atomic E-state index is 0.351. The van der Waals surface area contributed by atoms with Crippen molar-refractivity contribution >= 4 is 27.6 Å². The predicted octanol–water partition coefficient (Wildman–Crippen LogP) is 2.78. The number of nitrogens with zero attached hydrogens (tertiary/aromatic N) is 1. The summed E-state index contributed by atoms with van der Waals surface area (Å²) in [6.45, 7) is 1.72. The third kappa shape index (κ3) is 3.23. The van der Waals surface area contributed by atoms with Crippen molar-refractivity contribution in [3.8, 4) is 0 Å². The molecule has 1 rings (SSSR count). The fourth-order valence-electron chi connectivity index (χ4n) is 1.47. The quantitative estimate of drug-likeness (QED) is 0.925. The van der Waals surface area contributed by atoms with Gasteiger partial charge < -0.3 is 10.0 Å². The number of anilines is 1. The van der Waals surface area contributed by atoms with E-state index >= 15 is 0 Å². The number of hydrogen-bond donors (Lipinski definition) is 1. The summed E-state index contributed by atoms with van der Waals surface area (Å²) in [6.07, 6.45) is 0.559. The van der Waals surface area contributed by atoms with E-state index in [1.54, 1.807) is 6.92 Å². The number of benzene rings is 1. The number of rotatable bonds is 4. The van der Waals surface area contributed by atoms with E-state index in [1.165, 1.54) is 0 Å². The molecule has 0 bridgehead atoms. The molecule has 0 spiro atoms. The van der Waals surface area contributed by atoms with Crippen LogP contribution in [-0.4, -0.2) is 25.2 Å². The second-order valence-electron chi connectivity index (χ2n) is 4.12. The van der Waals surface area contributed by atoms with Crippen molar-refractivity contribution in [3.63, 3.8) is 0 Å². The van der Waals surface area contributed by atoms with Crippen molar-refractivity contribution in [2.45, 2.75) is 13.3 Å². The molecule has 0 aliphatic rings. The van der Waals surface area contributed by atoms with Crippen molar-refractivity contribution in [2.24, 2.45) is 5.92 Å². The predicted molar refractivity (Wildman–Crippen MR) is 69.0 cm³/mol. The molecule has 0 aliphatic heterocycles. The number of hydrogen-bond acceptors (Lipinski definition) is 2. The molecule has 0 radical (unpaired) electrons. The Kier molecular flexibility index (Phi) is 4.35. The Morgan fingerprint density at radius 1 is 1.50 bits per heavy atom. The molecular formula is C12H16BrNO2. The second kappa shape index (κ2) is 5.34. The summed E-state index contributed by atoms with van der Waals surface area (Å²) in [5, 5.41) is 8.86. The molecule has 0 amide bonds. The van der Waals surface area contributed by atoms with E-state index in [-0.39, 0.29) is 5.92 Å². The lowest BCUT2D eigenvalue weighted by atomic mass is 10.0. The molecule has 16 heavy (non-hydrogen) atoms. The Hall–Kier alpha value is -1.03. The van der Waals surface area contributed by atoms with Crippen LogP contribution in [0.5, 0.6) is 0 Å². The first-order chi connectivity index (χ1) is 7.41. The second-order valence-corrected chi connectivity index (χ2v) is 4.98. The van der Waals surface area contributed by atoms with Crippen LogP contribution in [0.2, 0.25) is 0 Å². The Labute approximate surface area is 104 Å². The minimum Gasteiger partial charge on any atom is -0.481 e. The zero-order valence-electron chi connectivity index (χ0n) is 9.70. The van der Waals surface area contributed by atoms with Crippen LogP contribution in [0.15, 0.2) is 22.7 Å². The summed E-state index contributed by atoms with van der Waals surface area (Å²) in [5.41, 5.74) is 2.11. The molecule has 0 aliphatic carbocycles. The Morgan fingerprint density at radius 3 is 2.62 bits per heavy atom. The fraction of sp³-hybridized carbons (Fsp3) is 0.417. The standard InChI is InChI=1S/C12H16BrNO2/c1-8(12(15)16)6-9-4-5-10(13)11(7-9)14(2)3/h4-5,7-8H,6H2,1-3H3,(H,15,16). The highest BCUT2D eigenvalue weighted by atomic mass is 79.9. The van der Waals surface area contributed by atoms with Gasteiger partial charge in [0, 0.05) is 18.6 Å². The zero-order valence-corrected chi connectivity index (χ0v) is 11.3. The maximum absolute atomic E-state index is 10.8. The Bertz CT molecular complexity index is 391. The lowest BCUT2D eigenvalue weighted by Crippen LogP contribution is -2.13. The van der Waals surface area contributed by atoms with Crippen LogP contribution in [0, 0.1) is 5.92 Å². The summed E-state index contributed by atoms with van der Waals surface area (Å²) in [5.74, 6) is -1.11. The molecule has 0 heterocycles. The van der Waals surface area contributed by atoms with Crippen molar-refractivity contribution < 1.29 is 9.90 Å². The molecule has 1 atom stereocenters. The van der Waals surface area contributed by atoms with Crippen LogP contribution in [0.25, 0.3) is 0 Å². The number of carboxylic acids is 1. The van der Waals surface area contributed by atoms with Crippen molar-refractivity contribution in [1.29, 1.82) is 0 Å². The SMILES string of the molecule is CC(Cc1ccc(Br)c(N(C)C)c1)C(=O)O. The van der Waals surface area contributed by atoms with Crippen molar-refractivity contribution in [3.05, 3.63) is 28.2 Å². The van der Waals surface area contributed by atoms with Crippen LogP contribution in [0.3, 0.4) is 0 Å². The molecule has 1 unspecified atom stereocenters. The molecule has 0 saturated carbocycles. The first kappa shape index (κ1) is 13.0. The molecule has 0 fully saturated rings. The topological polar surface area (TPSA) is 40.5 Å².